The molecule has 45 heavy (non-hydrogen) atoms. The molecule has 0 radical (unpaired) electrons. The van der Waals surface area contributed by atoms with Crippen LogP contribution in [0.15, 0.2) is 102 Å². The molecular formula is C35H30F2N2O6. The van der Waals surface area contributed by atoms with E-state index in [1.54, 1.807) is 62.6 Å². The number of rotatable bonds is 11. The van der Waals surface area contributed by atoms with Crippen molar-refractivity contribution in [3.8, 4) is 16.9 Å². The zero-order chi connectivity index (χ0) is 31.9. The smallest absolute Gasteiger partial charge is 0.326 e. The van der Waals surface area contributed by atoms with Crippen molar-refractivity contribution in [2.45, 2.75) is 13.2 Å². The van der Waals surface area contributed by atoms with Crippen molar-refractivity contribution in [2.24, 2.45) is 0 Å². The molecule has 1 aromatic heterocycles. The zero-order valence-electron chi connectivity index (χ0n) is 24.7. The van der Waals surface area contributed by atoms with Crippen molar-refractivity contribution in [3.63, 3.8) is 0 Å². The van der Waals surface area contributed by atoms with Crippen molar-refractivity contribution in [1.29, 1.82) is 0 Å². The van der Waals surface area contributed by atoms with Crippen molar-refractivity contribution in [3.05, 3.63) is 126 Å². The molecule has 1 heterocycles. The fraction of sp³-hybridized carbons (Fsp3) is 0.171. The minimum atomic E-state index is -0.970. The third-order valence-corrected chi connectivity index (χ3v) is 7.05. The summed E-state index contributed by atoms with van der Waals surface area (Å²) in [5, 5.41) is 0.0634. The molecule has 10 heteroatoms. The highest BCUT2D eigenvalue weighted by Crippen LogP contribution is 2.33. The molecule has 0 atom stereocenters. The number of fused-ring (bicyclic) bond motifs is 1. The fourth-order valence-corrected chi connectivity index (χ4v) is 4.61. The number of esters is 1. The number of nitrogens with zero attached hydrogens (tertiary/aromatic N) is 2. The minimum Gasteiger partial charge on any atom is -0.489 e. The van der Waals surface area contributed by atoms with Gasteiger partial charge in [-0.25, -0.2) is 8.78 Å². The molecule has 0 aliphatic heterocycles. The van der Waals surface area contributed by atoms with Gasteiger partial charge in [0.05, 0.1) is 11.6 Å². The molecule has 0 unspecified atom stereocenters. The predicted octanol–water partition coefficient (Wildman–Crippen LogP) is 6.23. The SMILES string of the molecule is CN(C)C(=O)CN(CC(=O)OCc1ccccc1)C(=O)c1cccc(COc2ccc(-c3cc(F)c(F)c4ccoc34)cc2)c1. The summed E-state index contributed by atoms with van der Waals surface area (Å²) in [6.07, 6.45) is 1.31. The van der Waals surface area contributed by atoms with Gasteiger partial charge in [0.25, 0.3) is 5.91 Å². The molecule has 0 saturated carbocycles. The third kappa shape index (κ3) is 7.53. The van der Waals surface area contributed by atoms with Gasteiger partial charge in [0.1, 0.15) is 37.6 Å². The van der Waals surface area contributed by atoms with Gasteiger partial charge in [0.2, 0.25) is 5.91 Å². The Labute approximate surface area is 258 Å². The van der Waals surface area contributed by atoms with E-state index in [-0.39, 0.29) is 42.2 Å². The number of carbonyl (C=O) groups excluding carboxylic acids is 3. The summed E-state index contributed by atoms with van der Waals surface area (Å²) in [5.74, 6) is -2.92. The molecule has 0 saturated heterocycles. The van der Waals surface area contributed by atoms with Gasteiger partial charge >= 0.3 is 5.97 Å². The second kappa shape index (κ2) is 13.9. The summed E-state index contributed by atoms with van der Waals surface area (Å²) >= 11 is 0. The molecule has 8 nitrogen and oxygen atoms in total. The van der Waals surface area contributed by atoms with Crippen LogP contribution in [0.3, 0.4) is 0 Å². The molecule has 2 amide bonds. The highest BCUT2D eigenvalue weighted by molar-refractivity contribution is 5.98. The summed E-state index contributed by atoms with van der Waals surface area (Å²) in [7, 11) is 3.14. The Morgan fingerprint density at radius 3 is 2.27 bits per heavy atom. The maximum atomic E-state index is 14.1. The number of benzene rings is 4. The Kier molecular flexibility index (Phi) is 9.52. The van der Waals surface area contributed by atoms with Crippen molar-refractivity contribution in [1.82, 2.24) is 9.80 Å². The molecule has 0 N–H and O–H groups in total. The molecule has 0 aliphatic rings. The molecule has 0 bridgehead atoms. The maximum Gasteiger partial charge on any atom is 0.326 e. The van der Waals surface area contributed by atoms with Gasteiger partial charge in [-0.1, -0.05) is 54.6 Å². The Morgan fingerprint density at radius 1 is 0.800 bits per heavy atom. The largest absolute Gasteiger partial charge is 0.489 e. The summed E-state index contributed by atoms with van der Waals surface area (Å²) in [5.41, 5.74) is 3.02. The second-order valence-corrected chi connectivity index (χ2v) is 10.5. The summed E-state index contributed by atoms with van der Waals surface area (Å²) in [6.45, 7) is -0.545. The topological polar surface area (TPSA) is 89.3 Å². The second-order valence-electron chi connectivity index (χ2n) is 10.5. The molecule has 0 aliphatic carbocycles. The Morgan fingerprint density at radius 2 is 1.53 bits per heavy atom. The summed E-state index contributed by atoms with van der Waals surface area (Å²) in [4.78, 5) is 41.1. The quantitative estimate of drug-likeness (QED) is 0.164. The van der Waals surface area contributed by atoms with Crippen LogP contribution in [0.4, 0.5) is 8.78 Å². The van der Waals surface area contributed by atoms with Gasteiger partial charge in [-0.3, -0.25) is 14.4 Å². The number of halogens is 2. The average Bonchev–Trinajstić information content (AvgIpc) is 3.55. The molecule has 0 fully saturated rings. The first kappa shape index (κ1) is 30.9. The van der Waals surface area contributed by atoms with Gasteiger partial charge in [-0.15, -0.1) is 0 Å². The lowest BCUT2D eigenvalue weighted by atomic mass is 10.0. The standard InChI is InChI=1S/C35H30F2N2O6/c1-38(2)31(40)19-39(20-32(41)45-21-23-7-4-3-5-8-23)35(42)26-10-6-9-24(17-26)22-44-27-13-11-25(12-14-27)29-18-30(36)33(37)28-15-16-43-34(28)29/h3-18H,19-22H2,1-2H3. The van der Waals surface area contributed by atoms with E-state index >= 15 is 0 Å². The molecule has 5 aromatic rings. The van der Waals surface area contributed by atoms with E-state index in [2.05, 4.69) is 0 Å². The number of hydrogen-bond acceptors (Lipinski definition) is 6. The number of likely N-dealkylation sites (N-methyl/N-ethyl adjacent to an activating group) is 1. The highest BCUT2D eigenvalue weighted by Gasteiger charge is 2.23. The first-order chi connectivity index (χ1) is 21.7. The average molecular weight is 613 g/mol. The lowest BCUT2D eigenvalue weighted by Crippen LogP contribution is -2.43. The normalized spacial score (nSPS) is 10.8. The van der Waals surface area contributed by atoms with Crippen LogP contribution in [0.2, 0.25) is 0 Å². The van der Waals surface area contributed by atoms with Crippen molar-refractivity contribution < 1.29 is 37.1 Å². The zero-order valence-corrected chi connectivity index (χ0v) is 24.7. The number of amides is 2. The number of carbonyl (C=O) groups is 3. The Hall–Kier alpha value is -5.51. The number of ether oxygens (including phenoxy) is 2. The van der Waals surface area contributed by atoms with Crippen LogP contribution in [0.1, 0.15) is 21.5 Å². The first-order valence-corrected chi connectivity index (χ1v) is 14.1. The van der Waals surface area contributed by atoms with Gasteiger partial charge in [0.15, 0.2) is 11.6 Å². The van der Waals surface area contributed by atoms with E-state index in [1.807, 2.05) is 30.3 Å². The predicted molar refractivity (Wildman–Crippen MR) is 163 cm³/mol. The van der Waals surface area contributed by atoms with Crippen LogP contribution in [-0.2, 0) is 27.5 Å². The number of hydrogen-bond donors (Lipinski definition) is 0. The summed E-state index contributed by atoms with van der Waals surface area (Å²) < 4.78 is 44.9. The van der Waals surface area contributed by atoms with Gasteiger partial charge in [-0.05, 0) is 53.1 Å². The van der Waals surface area contributed by atoms with Crippen LogP contribution in [0.5, 0.6) is 5.75 Å². The monoisotopic (exact) mass is 612 g/mol. The minimum absolute atomic E-state index is 0.0467. The van der Waals surface area contributed by atoms with E-state index in [9.17, 15) is 23.2 Å². The molecule has 5 rings (SSSR count). The van der Waals surface area contributed by atoms with E-state index in [1.165, 1.54) is 17.2 Å². The Bertz CT molecular complexity index is 1820. The highest BCUT2D eigenvalue weighted by atomic mass is 19.2. The molecule has 4 aromatic carbocycles. The van der Waals surface area contributed by atoms with Crippen LogP contribution in [-0.4, -0.2) is 54.8 Å². The Balaban J connectivity index is 1.25. The lowest BCUT2D eigenvalue weighted by molar-refractivity contribution is -0.146. The van der Waals surface area contributed by atoms with Gasteiger partial charge in [0, 0.05) is 25.2 Å². The molecule has 230 valence electrons. The van der Waals surface area contributed by atoms with E-state index in [4.69, 9.17) is 13.9 Å². The van der Waals surface area contributed by atoms with E-state index in [0.29, 0.717) is 22.4 Å². The van der Waals surface area contributed by atoms with E-state index in [0.717, 1.165) is 16.5 Å². The summed E-state index contributed by atoms with van der Waals surface area (Å²) in [6, 6.07) is 25.1. The fourth-order valence-electron chi connectivity index (χ4n) is 4.61. The van der Waals surface area contributed by atoms with Crippen LogP contribution >= 0.6 is 0 Å². The van der Waals surface area contributed by atoms with Gasteiger partial charge in [-0.2, -0.15) is 0 Å². The van der Waals surface area contributed by atoms with E-state index < -0.39 is 30.1 Å². The van der Waals surface area contributed by atoms with Crippen LogP contribution < -0.4 is 4.74 Å². The molecule has 0 spiro atoms. The molecular weight excluding hydrogens is 582 g/mol. The lowest BCUT2D eigenvalue weighted by Gasteiger charge is -2.23. The van der Waals surface area contributed by atoms with Crippen LogP contribution in [0, 0.1) is 11.6 Å². The van der Waals surface area contributed by atoms with Crippen LogP contribution in [0.25, 0.3) is 22.1 Å². The number of furan rings is 1. The van der Waals surface area contributed by atoms with Gasteiger partial charge < -0.3 is 23.7 Å². The van der Waals surface area contributed by atoms with Crippen molar-refractivity contribution in [2.75, 3.05) is 27.2 Å². The van der Waals surface area contributed by atoms with Crippen molar-refractivity contribution >= 4 is 28.8 Å². The third-order valence-electron chi connectivity index (χ3n) is 7.05. The first-order valence-electron chi connectivity index (χ1n) is 14.1. The maximum absolute atomic E-state index is 14.1.